The number of benzene rings is 1. The fourth-order valence-corrected chi connectivity index (χ4v) is 1.41. The van der Waals surface area contributed by atoms with E-state index in [1.54, 1.807) is 0 Å². The molecule has 0 spiro atoms. The van der Waals surface area contributed by atoms with E-state index in [1.165, 1.54) is 25.1 Å². The average molecular weight is 253 g/mol. The second kappa shape index (κ2) is 6.70. The highest BCUT2D eigenvalue weighted by atomic mass is 19.1. The standard InChI is InChI=1S/C12H16FN3O2/c1-8(17)16-5-4-15-7-10-6-9(12(14)18)2-3-11(10)13/h2-3,6,15H,4-5,7H2,1H3,(H2,14,18)(H,16,17). The van der Waals surface area contributed by atoms with Crippen LogP contribution in [-0.4, -0.2) is 24.9 Å². The van der Waals surface area contributed by atoms with E-state index < -0.39 is 11.7 Å². The molecule has 1 aromatic rings. The van der Waals surface area contributed by atoms with Crippen molar-refractivity contribution in [1.29, 1.82) is 0 Å². The molecule has 6 heteroatoms. The molecule has 0 saturated heterocycles. The first kappa shape index (κ1) is 14.1. The summed E-state index contributed by atoms with van der Waals surface area (Å²) in [6.07, 6.45) is 0. The molecule has 1 rings (SSSR count). The van der Waals surface area contributed by atoms with Gasteiger partial charge in [-0.1, -0.05) is 0 Å². The summed E-state index contributed by atoms with van der Waals surface area (Å²) in [6, 6.07) is 3.98. The Hall–Kier alpha value is -1.95. The van der Waals surface area contributed by atoms with Crippen molar-refractivity contribution in [2.45, 2.75) is 13.5 Å². The number of halogens is 1. The maximum atomic E-state index is 13.4. The van der Waals surface area contributed by atoms with Gasteiger partial charge in [-0.05, 0) is 18.2 Å². The molecule has 5 nitrogen and oxygen atoms in total. The van der Waals surface area contributed by atoms with Gasteiger partial charge in [-0.3, -0.25) is 9.59 Å². The molecule has 0 heterocycles. The predicted molar refractivity (Wildman–Crippen MR) is 65.3 cm³/mol. The van der Waals surface area contributed by atoms with Crippen molar-refractivity contribution >= 4 is 11.8 Å². The van der Waals surface area contributed by atoms with Crippen LogP contribution in [0.15, 0.2) is 18.2 Å². The number of carbonyl (C=O) groups is 2. The molecule has 0 unspecified atom stereocenters. The summed E-state index contributed by atoms with van der Waals surface area (Å²) in [5.41, 5.74) is 5.76. The predicted octanol–water partition coefficient (Wildman–Crippen LogP) is 0.150. The van der Waals surface area contributed by atoms with Crippen molar-refractivity contribution in [3.63, 3.8) is 0 Å². The van der Waals surface area contributed by atoms with Gasteiger partial charge in [-0.15, -0.1) is 0 Å². The first-order valence-electron chi connectivity index (χ1n) is 5.54. The van der Waals surface area contributed by atoms with E-state index in [9.17, 15) is 14.0 Å². The van der Waals surface area contributed by atoms with Crippen LogP contribution in [0.4, 0.5) is 4.39 Å². The molecule has 0 saturated carbocycles. The number of nitrogens with two attached hydrogens (primary N) is 1. The van der Waals surface area contributed by atoms with Gasteiger partial charge in [0.15, 0.2) is 0 Å². The van der Waals surface area contributed by atoms with Gasteiger partial charge in [0, 0.05) is 37.7 Å². The van der Waals surface area contributed by atoms with Gasteiger partial charge in [0.2, 0.25) is 11.8 Å². The smallest absolute Gasteiger partial charge is 0.248 e. The van der Waals surface area contributed by atoms with Crippen LogP contribution >= 0.6 is 0 Å². The molecule has 98 valence electrons. The quantitative estimate of drug-likeness (QED) is 0.631. The maximum absolute atomic E-state index is 13.4. The SMILES string of the molecule is CC(=O)NCCNCc1cc(C(N)=O)ccc1F. The Labute approximate surface area is 105 Å². The molecule has 0 aliphatic heterocycles. The minimum Gasteiger partial charge on any atom is -0.366 e. The number of carbonyl (C=O) groups excluding carboxylic acids is 2. The van der Waals surface area contributed by atoms with Crippen molar-refractivity contribution in [1.82, 2.24) is 10.6 Å². The molecule has 1 aromatic carbocycles. The molecule has 4 N–H and O–H groups in total. The van der Waals surface area contributed by atoms with Crippen molar-refractivity contribution in [3.8, 4) is 0 Å². The van der Waals surface area contributed by atoms with Crippen molar-refractivity contribution in [3.05, 3.63) is 35.1 Å². The molecule has 0 aliphatic rings. The number of rotatable bonds is 6. The third kappa shape index (κ3) is 4.50. The van der Waals surface area contributed by atoms with Crippen molar-refractivity contribution in [2.75, 3.05) is 13.1 Å². The van der Waals surface area contributed by atoms with Crippen LogP contribution < -0.4 is 16.4 Å². The Balaban J connectivity index is 2.48. The lowest BCUT2D eigenvalue weighted by molar-refractivity contribution is -0.118. The summed E-state index contributed by atoms with van der Waals surface area (Å²) in [6.45, 7) is 2.68. The van der Waals surface area contributed by atoms with Gasteiger partial charge in [-0.2, -0.15) is 0 Å². The van der Waals surface area contributed by atoms with E-state index in [-0.39, 0.29) is 18.0 Å². The first-order valence-corrected chi connectivity index (χ1v) is 5.54. The molecule has 0 fully saturated rings. The summed E-state index contributed by atoms with van der Waals surface area (Å²) in [4.78, 5) is 21.5. The summed E-state index contributed by atoms with van der Waals surface area (Å²) < 4.78 is 13.4. The van der Waals surface area contributed by atoms with E-state index in [4.69, 9.17) is 5.73 Å². The maximum Gasteiger partial charge on any atom is 0.248 e. The van der Waals surface area contributed by atoms with Crippen molar-refractivity contribution in [2.24, 2.45) is 5.73 Å². The van der Waals surface area contributed by atoms with E-state index in [1.807, 2.05) is 0 Å². The van der Waals surface area contributed by atoms with Crippen LogP contribution in [0.25, 0.3) is 0 Å². The molecular formula is C12H16FN3O2. The molecule has 0 aliphatic carbocycles. The van der Waals surface area contributed by atoms with Crippen LogP contribution in [0.2, 0.25) is 0 Å². The second-order valence-corrected chi connectivity index (χ2v) is 3.83. The van der Waals surface area contributed by atoms with Gasteiger partial charge in [-0.25, -0.2) is 4.39 Å². The molecule has 18 heavy (non-hydrogen) atoms. The normalized spacial score (nSPS) is 10.1. The number of hydrogen-bond acceptors (Lipinski definition) is 3. The fourth-order valence-electron chi connectivity index (χ4n) is 1.41. The summed E-state index contributed by atoms with van der Waals surface area (Å²) in [5.74, 6) is -1.10. The molecule has 0 atom stereocenters. The summed E-state index contributed by atoms with van der Waals surface area (Å²) >= 11 is 0. The highest BCUT2D eigenvalue weighted by molar-refractivity contribution is 5.92. The third-order valence-electron chi connectivity index (χ3n) is 2.32. The zero-order valence-electron chi connectivity index (χ0n) is 10.1. The van der Waals surface area contributed by atoms with E-state index in [0.29, 0.717) is 18.7 Å². The Morgan fingerprint density at radius 2 is 2.06 bits per heavy atom. The van der Waals surface area contributed by atoms with Gasteiger partial charge in [0.05, 0.1) is 0 Å². The largest absolute Gasteiger partial charge is 0.366 e. The first-order chi connectivity index (χ1) is 8.50. The van der Waals surface area contributed by atoms with Crippen LogP contribution in [-0.2, 0) is 11.3 Å². The number of hydrogen-bond donors (Lipinski definition) is 3. The molecule has 2 amide bonds. The molecule has 0 aromatic heterocycles. The summed E-state index contributed by atoms with van der Waals surface area (Å²) in [5, 5.41) is 5.56. The lowest BCUT2D eigenvalue weighted by Crippen LogP contribution is -2.30. The van der Waals surface area contributed by atoms with E-state index in [0.717, 1.165) is 0 Å². The minimum absolute atomic E-state index is 0.112. The van der Waals surface area contributed by atoms with Crippen molar-refractivity contribution < 1.29 is 14.0 Å². The topological polar surface area (TPSA) is 84.2 Å². The highest BCUT2D eigenvalue weighted by Crippen LogP contribution is 2.10. The summed E-state index contributed by atoms with van der Waals surface area (Å²) in [7, 11) is 0. The monoisotopic (exact) mass is 253 g/mol. The fraction of sp³-hybridized carbons (Fsp3) is 0.333. The van der Waals surface area contributed by atoms with Crippen LogP contribution in [0.5, 0.6) is 0 Å². The molecule has 0 radical (unpaired) electrons. The number of amides is 2. The molecular weight excluding hydrogens is 237 g/mol. The van der Waals surface area contributed by atoms with Gasteiger partial charge in [0.25, 0.3) is 0 Å². The number of primary amides is 1. The lowest BCUT2D eigenvalue weighted by atomic mass is 10.1. The van der Waals surface area contributed by atoms with Crippen LogP contribution in [0.3, 0.4) is 0 Å². The van der Waals surface area contributed by atoms with E-state index in [2.05, 4.69) is 10.6 Å². The lowest BCUT2D eigenvalue weighted by Gasteiger charge is -2.07. The van der Waals surface area contributed by atoms with Gasteiger partial charge in [0.1, 0.15) is 5.82 Å². The Morgan fingerprint density at radius 3 is 2.67 bits per heavy atom. The van der Waals surface area contributed by atoms with E-state index >= 15 is 0 Å². The zero-order chi connectivity index (χ0) is 13.5. The Kier molecular flexibility index (Phi) is 5.26. The van der Waals surface area contributed by atoms with Gasteiger partial charge < -0.3 is 16.4 Å². The van der Waals surface area contributed by atoms with Crippen LogP contribution in [0.1, 0.15) is 22.8 Å². The Morgan fingerprint density at radius 1 is 1.33 bits per heavy atom. The van der Waals surface area contributed by atoms with Gasteiger partial charge >= 0.3 is 0 Å². The third-order valence-corrected chi connectivity index (χ3v) is 2.32. The minimum atomic E-state index is -0.588. The van der Waals surface area contributed by atoms with Crippen LogP contribution in [0, 0.1) is 5.82 Å². The number of nitrogens with one attached hydrogen (secondary N) is 2. The second-order valence-electron chi connectivity index (χ2n) is 3.83. The molecule has 0 bridgehead atoms. The highest BCUT2D eigenvalue weighted by Gasteiger charge is 2.06. The average Bonchev–Trinajstić information content (AvgIpc) is 2.30. The Bertz CT molecular complexity index is 449. The zero-order valence-corrected chi connectivity index (χ0v) is 10.1.